The molecule has 0 saturated heterocycles. The van der Waals surface area contributed by atoms with E-state index in [4.69, 9.17) is 11.6 Å². The average molecular weight is 282 g/mol. The normalized spacial score (nSPS) is 12.8. The summed E-state index contributed by atoms with van der Waals surface area (Å²) in [5.74, 6) is 0. The Bertz CT molecular complexity index is 778. The molecule has 0 amide bonds. The van der Waals surface area contributed by atoms with Crippen molar-refractivity contribution in [3.05, 3.63) is 65.2 Å². The van der Waals surface area contributed by atoms with Gasteiger partial charge in [-0.15, -0.1) is 0 Å². The maximum absolute atomic E-state index is 6.08. The summed E-state index contributed by atoms with van der Waals surface area (Å²) in [5, 5.41) is 5.35. The van der Waals surface area contributed by atoms with Crippen molar-refractivity contribution >= 4 is 11.6 Å². The van der Waals surface area contributed by atoms with E-state index in [1.54, 1.807) is 12.4 Å². The van der Waals surface area contributed by atoms with Gasteiger partial charge in [0.1, 0.15) is 0 Å². The fourth-order valence-electron chi connectivity index (χ4n) is 2.83. The molecule has 2 heterocycles. The van der Waals surface area contributed by atoms with Crippen LogP contribution in [0, 0.1) is 0 Å². The monoisotopic (exact) mass is 281 g/mol. The molecule has 0 saturated carbocycles. The highest BCUT2D eigenvalue weighted by Gasteiger charge is 2.21. The Morgan fingerprint density at radius 2 is 1.85 bits per heavy atom. The van der Waals surface area contributed by atoms with Crippen LogP contribution in [0.2, 0.25) is 5.02 Å². The second-order valence-corrected chi connectivity index (χ2v) is 5.36. The van der Waals surface area contributed by atoms with Gasteiger partial charge in [0.2, 0.25) is 0 Å². The Hall–Kier alpha value is -2.13. The van der Waals surface area contributed by atoms with Crippen LogP contribution in [0.1, 0.15) is 11.3 Å². The second kappa shape index (κ2) is 4.46. The van der Waals surface area contributed by atoms with Gasteiger partial charge >= 0.3 is 0 Å². The summed E-state index contributed by atoms with van der Waals surface area (Å²) in [4.78, 5) is 4.06. The third-order valence-electron chi connectivity index (χ3n) is 3.76. The molecule has 0 fully saturated rings. The summed E-state index contributed by atoms with van der Waals surface area (Å²) >= 11 is 6.08. The lowest BCUT2D eigenvalue weighted by Gasteiger charge is -2.18. The first kappa shape index (κ1) is 11.7. The number of pyridine rings is 1. The van der Waals surface area contributed by atoms with Crippen LogP contribution >= 0.6 is 11.6 Å². The van der Waals surface area contributed by atoms with Gasteiger partial charge in [-0.1, -0.05) is 17.7 Å². The molecular weight excluding hydrogens is 270 g/mol. The third-order valence-corrected chi connectivity index (χ3v) is 4.00. The number of benzene rings is 1. The molecule has 0 spiro atoms. The van der Waals surface area contributed by atoms with E-state index in [-0.39, 0.29) is 0 Å². The number of hydrogen-bond acceptors (Lipinski definition) is 2. The SMILES string of the molecule is Clc1ccc2c(c1)CCc1c-2cnn1-c1ccncc1. The molecule has 0 unspecified atom stereocenters. The Morgan fingerprint density at radius 3 is 2.70 bits per heavy atom. The molecule has 3 nitrogen and oxygen atoms in total. The molecule has 98 valence electrons. The number of halogens is 1. The molecule has 3 aromatic rings. The minimum Gasteiger partial charge on any atom is -0.265 e. The number of fused-ring (bicyclic) bond motifs is 3. The fourth-order valence-corrected chi connectivity index (χ4v) is 3.03. The second-order valence-electron chi connectivity index (χ2n) is 4.92. The quantitative estimate of drug-likeness (QED) is 0.681. The van der Waals surface area contributed by atoms with Gasteiger partial charge in [0.05, 0.1) is 17.6 Å². The van der Waals surface area contributed by atoms with Gasteiger partial charge in [-0.3, -0.25) is 4.98 Å². The van der Waals surface area contributed by atoms with Crippen molar-refractivity contribution in [2.45, 2.75) is 12.8 Å². The first-order valence-corrected chi connectivity index (χ1v) is 6.97. The lowest BCUT2D eigenvalue weighted by molar-refractivity contribution is 0.780. The zero-order valence-electron chi connectivity index (χ0n) is 10.8. The van der Waals surface area contributed by atoms with Crippen LogP contribution in [0.5, 0.6) is 0 Å². The standard InChI is InChI=1S/C16H12ClN3/c17-12-2-3-14-11(9-12)1-4-16-15(14)10-19-20(16)13-5-7-18-8-6-13/h2-3,5-10H,1,4H2. The molecule has 0 N–H and O–H groups in total. The number of aromatic nitrogens is 3. The topological polar surface area (TPSA) is 30.7 Å². The van der Waals surface area contributed by atoms with E-state index >= 15 is 0 Å². The molecule has 0 radical (unpaired) electrons. The Balaban J connectivity index is 1.89. The highest BCUT2D eigenvalue weighted by Crippen LogP contribution is 2.35. The van der Waals surface area contributed by atoms with Crippen molar-refractivity contribution in [3.63, 3.8) is 0 Å². The summed E-state index contributed by atoms with van der Waals surface area (Å²) in [7, 11) is 0. The van der Waals surface area contributed by atoms with Gasteiger partial charge in [-0.05, 0) is 48.2 Å². The Kier molecular flexibility index (Phi) is 2.60. The lowest BCUT2D eigenvalue weighted by Crippen LogP contribution is -2.08. The molecule has 1 aliphatic carbocycles. The number of nitrogens with zero attached hydrogens (tertiary/aromatic N) is 3. The van der Waals surface area contributed by atoms with Crippen molar-refractivity contribution in [3.8, 4) is 16.8 Å². The predicted molar refractivity (Wildman–Crippen MR) is 79.2 cm³/mol. The largest absolute Gasteiger partial charge is 0.265 e. The van der Waals surface area contributed by atoms with Crippen LogP contribution in [0.4, 0.5) is 0 Å². The molecule has 0 atom stereocenters. The highest BCUT2D eigenvalue weighted by molar-refractivity contribution is 6.30. The van der Waals surface area contributed by atoms with Crippen molar-refractivity contribution in [1.29, 1.82) is 0 Å². The minimum absolute atomic E-state index is 0.800. The number of hydrogen-bond donors (Lipinski definition) is 0. The van der Waals surface area contributed by atoms with Crippen LogP contribution < -0.4 is 0 Å². The fraction of sp³-hybridized carbons (Fsp3) is 0.125. The van der Waals surface area contributed by atoms with Crippen LogP contribution in [-0.2, 0) is 12.8 Å². The average Bonchev–Trinajstić information content (AvgIpc) is 2.92. The molecule has 4 heteroatoms. The molecule has 0 aliphatic heterocycles. The maximum atomic E-state index is 6.08. The first-order valence-electron chi connectivity index (χ1n) is 6.59. The predicted octanol–water partition coefficient (Wildman–Crippen LogP) is 3.69. The van der Waals surface area contributed by atoms with E-state index < -0.39 is 0 Å². The summed E-state index contributed by atoms with van der Waals surface area (Å²) in [6, 6.07) is 10.0. The van der Waals surface area contributed by atoms with Gasteiger partial charge < -0.3 is 0 Å². The van der Waals surface area contributed by atoms with E-state index in [1.165, 1.54) is 22.4 Å². The van der Waals surface area contributed by atoms with Crippen LogP contribution in [0.25, 0.3) is 16.8 Å². The van der Waals surface area contributed by atoms with Crippen LogP contribution in [-0.4, -0.2) is 14.8 Å². The maximum Gasteiger partial charge on any atom is 0.0679 e. The van der Waals surface area contributed by atoms with Crippen molar-refractivity contribution < 1.29 is 0 Å². The van der Waals surface area contributed by atoms with Gasteiger partial charge in [0.15, 0.2) is 0 Å². The smallest absolute Gasteiger partial charge is 0.0679 e. The van der Waals surface area contributed by atoms with Crippen molar-refractivity contribution in [2.75, 3.05) is 0 Å². The van der Waals surface area contributed by atoms with E-state index in [0.717, 1.165) is 23.6 Å². The molecule has 1 aromatic carbocycles. The molecule has 20 heavy (non-hydrogen) atoms. The van der Waals surface area contributed by atoms with Gasteiger partial charge in [-0.2, -0.15) is 5.10 Å². The van der Waals surface area contributed by atoms with E-state index in [0.29, 0.717) is 0 Å². The zero-order chi connectivity index (χ0) is 13.5. The zero-order valence-corrected chi connectivity index (χ0v) is 11.5. The summed E-state index contributed by atoms with van der Waals surface area (Å²) in [6.07, 6.45) is 7.51. The number of aryl methyl sites for hydroxylation is 1. The number of rotatable bonds is 1. The van der Waals surface area contributed by atoms with Crippen molar-refractivity contribution in [1.82, 2.24) is 14.8 Å². The Labute approximate surface area is 121 Å². The molecular formula is C16H12ClN3. The molecule has 1 aliphatic rings. The van der Waals surface area contributed by atoms with Gasteiger partial charge in [0.25, 0.3) is 0 Å². The molecule has 2 aromatic heterocycles. The summed E-state index contributed by atoms with van der Waals surface area (Å²) in [6.45, 7) is 0. The Morgan fingerprint density at radius 1 is 1.00 bits per heavy atom. The third kappa shape index (κ3) is 1.74. The molecule has 0 bridgehead atoms. The van der Waals surface area contributed by atoms with E-state index in [9.17, 15) is 0 Å². The lowest BCUT2D eigenvalue weighted by atomic mass is 9.90. The first-order chi connectivity index (χ1) is 9.83. The highest BCUT2D eigenvalue weighted by atomic mass is 35.5. The van der Waals surface area contributed by atoms with E-state index in [1.807, 2.05) is 29.1 Å². The van der Waals surface area contributed by atoms with Crippen LogP contribution in [0.15, 0.2) is 48.9 Å². The minimum atomic E-state index is 0.800. The van der Waals surface area contributed by atoms with E-state index in [2.05, 4.69) is 22.2 Å². The molecule has 4 rings (SSSR count). The van der Waals surface area contributed by atoms with Gasteiger partial charge in [0, 0.05) is 23.0 Å². The van der Waals surface area contributed by atoms with Crippen LogP contribution in [0.3, 0.4) is 0 Å². The van der Waals surface area contributed by atoms with Gasteiger partial charge in [-0.25, -0.2) is 4.68 Å². The van der Waals surface area contributed by atoms with Crippen molar-refractivity contribution in [2.24, 2.45) is 0 Å². The summed E-state index contributed by atoms with van der Waals surface area (Å²) in [5.41, 5.74) is 6.07. The summed E-state index contributed by atoms with van der Waals surface area (Å²) < 4.78 is 2.01.